The fourth-order valence-corrected chi connectivity index (χ4v) is 1.94. The van der Waals surface area contributed by atoms with E-state index in [-0.39, 0.29) is 6.42 Å². The predicted octanol–water partition coefficient (Wildman–Crippen LogP) is 1.75. The quantitative estimate of drug-likeness (QED) is 0.564. The number of carbonyl (C=O) groups excluding carboxylic acids is 1. The number of hydrogen-bond acceptors (Lipinski definition) is 3. The minimum Gasteiger partial charge on any atom is -0.480 e. The monoisotopic (exact) mass is 289 g/mol. The van der Waals surface area contributed by atoms with Gasteiger partial charge >= 0.3 is 5.97 Å². The summed E-state index contributed by atoms with van der Waals surface area (Å²) in [4.78, 5) is 23.4. The zero-order valence-corrected chi connectivity index (χ0v) is 11.9. The third kappa shape index (κ3) is 5.28. The van der Waals surface area contributed by atoms with Crippen molar-refractivity contribution in [1.82, 2.24) is 5.32 Å². The van der Waals surface area contributed by atoms with E-state index >= 15 is 0 Å². The van der Waals surface area contributed by atoms with Gasteiger partial charge in [-0.05, 0) is 18.4 Å². The highest BCUT2D eigenvalue weighted by atomic mass is 16.5. The van der Waals surface area contributed by atoms with E-state index in [0.717, 1.165) is 0 Å². The Morgan fingerprint density at radius 2 is 2.05 bits per heavy atom. The van der Waals surface area contributed by atoms with Crippen LogP contribution in [0.4, 0.5) is 0 Å². The third-order valence-corrected chi connectivity index (χ3v) is 3.00. The molecule has 0 aliphatic carbocycles. The number of methoxy groups -OCH3 is 1. The normalized spacial score (nSPS) is 13.0. The average molecular weight is 289 g/mol. The molecule has 0 spiro atoms. The Balaban J connectivity index is 2.71. The van der Waals surface area contributed by atoms with E-state index in [9.17, 15) is 9.59 Å². The van der Waals surface area contributed by atoms with Gasteiger partial charge in [0.2, 0.25) is 0 Å². The number of carboxylic acids is 1. The summed E-state index contributed by atoms with van der Waals surface area (Å²) in [6.45, 7) is 0. The van der Waals surface area contributed by atoms with Gasteiger partial charge in [-0.2, -0.15) is 0 Å². The number of ether oxygens (including phenoxy) is 1. The average Bonchev–Trinajstić information content (AvgIpc) is 2.48. The van der Waals surface area contributed by atoms with Gasteiger partial charge in [-0.1, -0.05) is 30.3 Å². The van der Waals surface area contributed by atoms with E-state index in [2.05, 4.69) is 11.2 Å². The van der Waals surface area contributed by atoms with Gasteiger partial charge in [0.05, 0.1) is 0 Å². The summed E-state index contributed by atoms with van der Waals surface area (Å²) < 4.78 is 5.17. The molecule has 5 nitrogen and oxygen atoms in total. The molecule has 0 bridgehead atoms. The number of carboxylic acid groups (broad SMARTS) is 1. The van der Waals surface area contributed by atoms with E-state index in [1.54, 1.807) is 24.3 Å². The van der Waals surface area contributed by atoms with Crippen LogP contribution in [0.15, 0.2) is 30.3 Å². The minimum atomic E-state index is -1.08. The molecule has 0 radical (unpaired) electrons. The van der Waals surface area contributed by atoms with Crippen molar-refractivity contribution < 1.29 is 19.4 Å². The largest absolute Gasteiger partial charge is 0.480 e. The topological polar surface area (TPSA) is 75.6 Å². The van der Waals surface area contributed by atoms with Crippen LogP contribution in [0.5, 0.6) is 0 Å². The number of hydrogen-bond donors (Lipinski definition) is 2. The van der Waals surface area contributed by atoms with Gasteiger partial charge < -0.3 is 15.2 Å². The molecule has 1 rings (SSSR count). The van der Waals surface area contributed by atoms with E-state index in [1.807, 2.05) is 6.07 Å². The lowest BCUT2D eigenvalue weighted by molar-refractivity contribution is -0.144. The Bertz CT molecular complexity index is 507. The van der Waals surface area contributed by atoms with Gasteiger partial charge in [0.15, 0.2) is 6.10 Å². The van der Waals surface area contributed by atoms with E-state index in [4.69, 9.17) is 16.3 Å². The highest BCUT2D eigenvalue weighted by molar-refractivity contribution is 5.87. The van der Waals surface area contributed by atoms with Crippen molar-refractivity contribution in [3.63, 3.8) is 0 Å². The van der Waals surface area contributed by atoms with Crippen LogP contribution in [0.25, 0.3) is 0 Å². The molecule has 0 fully saturated rings. The second-order valence-corrected chi connectivity index (χ2v) is 4.52. The van der Waals surface area contributed by atoms with Crippen LogP contribution in [0.1, 0.15) is 30.9 Å². The molecule has 0 aromatic heterocycles. The lowest BCUT2D eigenvalue weighted by atomic mass is 10.1. The summed E-state index contributed by atoms with van der Waals surface area (Å²) in [6.07, 6.45) is 5.61. The van der Waals surface area contributed by atoms with Crippen molar-refractivity contribution in [2.24, 2.45) is 0 Å². The van der Waals surface area contributed by atoms with Crippen molar-refractivity contribution in [2.75, 3.05) is 7.11 Å². The standard InChI is InChI=1S/C16H19NO4/c1-3-4-6-11-13(16(19)20)17-15(18)14(21-2)12-9-7-5-8-10-12/h1,5,7-10,13-14H,4,6,11H2,2H3,(H,17,18)(H,19,20)/t13-,14-/m1/s1. The van der Waals surface area contributed by atoms with Crippen LogP contribution < -0.4 is 5.32 Å². The smallest absolute Gasteiger partial charge is 0.326 e. The van der Waals surface area contributed by atoms with Gasteiger partial charge in [0, 0.05) is 13.5 Å². The summed E-state index contributed by atoms with van der Waals surface area (Å²) >= 11 is 0. The maximum Gasteiger partial charge on any atom is 0.326 e. The van der Waals surface area contributed by atoms with Gasteiger partial charge in [0.1, 0.15) is 6.04 Å². The molecule has 1 amide bonds. The van der Waals surface area contributed by atoms with Crippen molar-refractivity contribution in [2.45, 2.75) is 31.4 Å². The number of nitrogens with one attached hydrogen (secondary N) is 1. The summed E-state index contributed by atoms with van der Waals surface area (Å²) in [5.74, 6) is 0.889. The van der Waals surface area contributed by atoms with Crippen molar-refractivity contribution in [1.29, 1.82) is 0 Å². The van der Waals surface area contributed by atoms with Gasteiger partial charge in [-0.25, -0.2) is 4.79 Å². The van der Waals surface area contributed by atoms with Crippen molar-refractivity contribution in [3.8, 4) is 12.3 Å². The Morgan fingerprint density at radius 3 is 2.57 bits per heavy atom. The highest BCUT2D eigenvalue weighted by Gasteiger charge is 2.25. The van der Waals surface area contributed by atoms with E-state index < -0.39 is 24.0 Å². The molecular weight excluding hydrogens is 270 g/mol. The summed E-state index contributed by atoms with van der Waals surface area (Å²) in [5, 5.41) is 11.6. The molecule has 112 valence electrons. The van der Waals surface area contributed by atoms with Gasteiger partial charge in [-0.3, -0.25) is 4.79 Å². The lowest BCUT2D eigenvalue weighted by Gasteiger charge is -2.19. The minimum absolute atomic E-state index is 0.288. The molecular formula is C16H19NO4. The first-order valence-electron chi connectivity index (χ1n) is 6.64. The summed E-state index contributed by atoms with van der Waals surface area (Å²) in [6, 6.07) is 7.94. The number of carbonyl (C=O) groups is 2. The summed E-state index contributed by atoms with van der Waals surface area (Å²) in [5.41, 5.74) is 0.672. The van der Waals surface area contributed by atoms with Crippen LogP contribution in [0.3, 0.4) is 0 Å². The lowest BCUT2D eigenvalue weighted by Crippen LogP contribution is -2.43. The predicted molar refractivity (Wildman–Crippen MR) is 78.4 cm³/mol. The SMILES string of the molecule is C#CCCC[C@@H](NC(=O)[C@H](OC)c1ccccc1)C(=O)O. The molecule has 0 unspecified atom stereocenters. The van der Waals surface area contributed by atoms with Crippen LogP contribution in [0.2, 0.25) is 0 Å². The number of unbranched alkanes of at least 4 members (excludes halogenated alkanes) is 1. The molecule has 0 saturated carbocycles. The maximum atomic E-state index is 12.2. The Labute approximate surface area is 124 Å². The molecule has 0 saturated heterocycles. The molecule has 0 heterocycles. The molecule has 21 heavy (non-hydrogen) atoms. The number of benzene rings is 1. The second-order valence-electron chi connectivity index (χ2n) is 4.52. The zero-order valence-electron chi connectivity index (χ0n) is 11.9. The Hall–Kier alpha value is -2.32. The highest BCUT2D eigenvalue weighted by Crippen LogP contribution is 2.16. The number of aliphatic carboxylic acids is 1. The number of rotatable bonds is 8. The molecule has 1 aromatic rings. The van der Waals surface area contributed by atoms with Gasteiger partial charge in [0.25, 0.3) is 5.91 Å². The Morgan fingerprint density at radius 1 is 1.38 bits per heavy atom. The number of amides is 1. The zero-order chi connectivity index (χ0) is 15.7. The molecule has 2 N–H and O–H groups in total. The number of terminal acetylenes is 1. The van der Waals surface area contributed by atoms with E-state index in [1.165, 1.54) is 7.11 Å². The Kier molecular flexibility index (Phi) is 6.99. The fraction of sp³-hybridized carbons (Fsp3) is 0.375. The second kappa shape index (κ2) is 8.77. The van der Waals surface area contributed by atoms with Crippen molar-refractivity contribution in [3.05, 3.63) is 35.9 Å². The first kappa shape index (κ1) is 16.7. The van der Waals surface area contributed by atoms with Crippen LogP contribution in [-0.4, -0.2) is 30.1 Å². The first-order valence-corrected chi connectivity index (χ1v) is 6.64. The molecule has 1 aromatic carbocycles. The van der Waals surface area contributed by atoms with Crippen LogP contribution >= 0.6 is 0 Å². The van der Waals surface area contributed by atoms with Crippen molar-refractivity contribution >= 4 is 11.9 Å². The van der Waals surface area contributed by atoms with Crippen LogP contribution in [0, 0.1) is 12.3 Å². The third-order valence-electron chi connectivity index (χ3n) is 3.00. The van der Waals surface area contributed by atoms with Crippen LogP contribution in [-0.2, 0) is 14.3 Å². The molecule has 0 aliphatic heterocycles. The van der Waals surface area contributed by atoms with E-state index in [0.29, 0.717) is 18.4 Å². The maximum absolute atomic E-state index is 12.2. The molecule has 2 atom stereocenters. The van der Waals surface area contributed by atoms with Gasteiger partial charge in [-0.15, -0.1) is 12.3 Å². The first-order chi connectivity index (χ1) is 10.1. The molecule has 0 aliphatic rings. The fourth-order valence-electron chi connectivity index (χ4n) is 1.94. The molecule has 5 heteroatoms. The summed E-state index contributed by atoms with van der Waals surface area (Å²) in [7, 11) is 1.41.